The molecule has 0 aliphatic heterocycles. The second kappa shape index (κ2) is 22.9. The Kier molecular flexibility index (Phi) is 38.1. The molecule has 10 heavy (non-hydrogen) atoms. The van der Waals surface area contributed by atoms with Crippen molar-refractivity contribution in [1.82, 2.24) is 0 Å². The molecule has 0 heterocycles. The number of hydrogen-bond acceptors (Lipinski definition) is 3. The molecule has 0 aromatic carbocycles. The minimum absolute atomic E-state index is 0. The van der Waals surface area contributed by atoms with Gasteiger partial charge in [0.15, 0.2) is 0 Å². The van der Waals surface area contributed by atoms with Gasteiger partial charge >= 0.3 is 0 Å². The standard InChI is InChI=1S/C3H9NO2.C3H8.ClH/c1-5-2-3-6-4;1-3-2;/h2-4H2,1H3;3H2,1-2H3;1H. The molecule has 2 N–H and O–H groups in total. The second-order valence-electron chi connectivity index (χ2n) is 1.57. The first-order valence-electron chi connectivity index (χ1n) is 3.14. The summed E-state index contributed by atoms with van der Waals surface area (Å²) in [6.45, 7) is 5.28. The van der Waals surface area contributed by atoms with Crippen LogP contribution in [-0.2, 0) is 9.57 Å². The van der Waals surface area contributed by atoms with Gasteiger partial charge in [0.05, 0.1) is 13.2 Å². The lowest BCUT2D eigenvalue weighted by atomic mass is 10.6. The molecule has 3 nitrogen and oxygen atoms in total. The quantitative estimate of drug-likeness (QED) is 0.515. The van der Waals surface area contributed by atoms with E-state index in [-0.39, 0.29) is 12.4 Å². The molecular formula is C6H18ClNO2. The van der Waals surface area contributed by atoms with E-state index >= 15 is 0 Å². The smallest absolute Gasteiger partial charge is 0.0912 e. The molecule has 0 amide bonds. The Hall–Kier alpha value is 0.170. The molecule has 0 atom stereocenters. The van der Waals surface area contributed by atoms with Gasteiger partial charge in [0.25, 0.3) is 0 Å². The summed E-state index contributed by atoms with van der Waals surface area (Å²) in [5.74, 6) is 4.63. The molecular weight excluding hydrogens is 154 g/mol. The number of halogens is 1. The highest BCUT2D eigenvalue weighted by Gasteiger charge is 1.74. The predicted octanol–water partition coefficient (Wildman–Crippen LogP) is 1.36. The number of rotatable bonds is 3. The summed E-state index contributed by atoms with van der Waals surface area (Å²) < 4.78 is 4.58. The molecule has 0 saturated carbocycles. The van der Waals surface area contributed by atoms with Crippen molar-refractivity contribution >= 4 is 12.4 Å². The maximum atomic E-state index is 4.63. The van der Waals surface area contributed by atoms with Crippen molar-refractivity contribution in [1.29, 1.82) is 0 Å². The summed E-state index contributed by atoms with van der Waals surface area (Å²) in [4.78, 5) is 4.16. The molecule has 0 aliphatic rings. The van der Waals surface area contributed by atoms with Gasteiger partial charge in [-0.05, 0) is 0 Å². The molecule has 0 spiro atoms. The fourth-order valence-corrected chi connectivity index (χ4v) is 0.131. The van der Waals surface area contributed by atoms with E-state index in [1.165, 1.54) is 6.42 Å². The normalized spacial score (nSPS) is 7.20. The Morgan fingerprint density at radius 2 is 1.60 bits per heavy atom. The Morgan fingerprint density at radius 3 is 1.70 bits per heavy atom. The zero-order chi connectivity index (χ0) is 7.54. The first-order valence-corrected chi connectivity index (χ1v) is 3.14. The van der Waals surface area contributed by atoms with Crippen molar-refractivity contribution in [3.63, 3.8) is 0 Å². The number of hydrogen-bond donors (Lipinski definition) is 1. The molecule has 0 bridgehead atoms. The lowest BCUT2D eigenvalue weighted by Crippen LogP contribution is -2.05. The zero-order valence-corrected chi connectivity index (χ0v) is 7.74. The van der Waals surface area contributed by atoms with E-state index in [2.05, 4.69) is 29.3 Å². The van der Waals surface area contributed by atoms with Crippen molar-refractivity contribution in [3.8, 4) is 0 Å². The van der Waals surface area contributed by atoms with Crippen LogP contribution in [0.1, 0.15) is 20.3 Å². The monoisotopic (exact) mass is 171 g/mol. The molecule has 0 aromatic heterocycles. The van der Waals surface area contributed by atoms with Crippen LogP contribution < -0.4 is 5.90 Å². The third-order valence-corrected chi connectivity index (χ3v) is 0.405. The molecule has 0 unspecified atom stereocenters. The summed E-state index contributed by atoms with van der Waals surface area (Å²) in [7, 11) is 1.60. The van der Waals surface area contributed by atoms with E-state index in [0.29, 0.717) is 13.2 Å². The van der Waals surface area contributed by atoms with Gasteiger partial charge in [-0.1, -0.05) is 20.3 Å². The largest absolute Gasteiger partial charge is 0.382 e. The van der Waals surface area contributed by atoms with Gasteiger partial charge in [0, 0.05) is 7.11 Å². The van der Waals surface area contributed by atoms with Crippen LogP contribution in [0, 0.1) is 0 Å². The van der Waals surface area contributed by atoms with Gasteiger partial charge < -0.3 is 9.57 Å². The predicted molar refractivity (Wildman–Crippen MR) is 45.2 cm³/mol. The van der Waals surface area contributed by atoms with E-state index in [1.54, 1.807) is 7.11 Å². The highest BCUT2D eigenvalue weighted by Crippen LogP contribution is 1.62. The SMILES string of the molecule is CCC.COCCON.Cl. The molecule has 0 saturated heterocycles. The highest BCUT2D eigenvalue weighted by atomic mass is 35.5. The van der Waals surface area contributed by atoms with Crippen LogP contribution in [0.5, 0.6) is 0 Å². The topological polar surface area (TPSA) is 44.5 Å². The molecule has 0 aliphatic carbocycles. The average molecular weight is 172 g/mol. The minimum Gasteiger partial charge on any atom is -0.382 e. The Balaban J connectivity index is -0.000000107. The summed E-state index contributed by atoms with van der Waals surface area (Å²) >= 11 is 0. The van der Waals surface area contributed by atoms with Crippen LogP contribution in [0.2, 0.25) is 0 Å². The lowest BCUT2D eigenvalue weighted by Gasteiger charge is -1.91. The van der Waals surface area contributed by atoms with Gasteiger partial charge in [0.2, 0.25) is 0 Å². The van der Waals surface area contributed by atoms with Crippen molar-refractivity contribution in [2.75, 3.05) is 20.3 Å². The zero-order valence-electron chi connectivity index (χ0n) is 6.92. The van der Waals surface area contributed by atoms with E-state index in [0.717, 1.165) is 0 Å². The summed E-state index contributed by atoms with van der Waals surface area (Å²) in [5, 5.41) is 0. The number of ether oxygens (including phenoxy) is 1. The molecule has 4 heteroatoms. The van der Waals surface area contributed by atoms with E-state index < -0.39 is 0 Å². The second-order valence-corrected chi connectivity index (χ2v) is 1.57. The molecule has 0 radical (unpaired) electrons. The first-order chi connectivity index (χ1) is 4.33. The summed E-state index contributed by atoms with van der Waals surface area (Å²) in [6.07, 6.45) is 1.25. The van der Waals surface area contributed by atoms with Crippen LogP contribution in [0.15, 0.2) is 0 Å². The van der Waals surface area contributed by atoms with Gasteiger partial charge in [-0.2, -0.15) is 0 Å². The highest BCUT2D eigenvalue weighted by molar-refractivity contribution is 5.85. The van der Waals surface area contributed by atoms with Crippen LogP contribution >= 0.6 is 12.4 Å². The van der Waals surface area contributed by atoms with Crippen LogP contribution in [0.3, 0.4) is 0 Å². The van der Waals surface area contributed by atoms with Crippen molar-refractivity contribution in [2.24, 2.45) is 5.90 Å². The third-order valence-electron chi connectivity index (χ3n) is 0.405. The van der Waals surface area contributed by atoms with Gasteiger partial charge in [-0.3, -0.25) is 0 Å². The van der Waals surface area contributed by atoms with Crippen LogP contribution in [0.25, 0.3) is 0 Å². The lowest BCUT2D eigenvalue weighted by molar-refractivity contribution is 0.0712. The average Bonchev–Trinajstić information content (AvgIpc) is 1.86. The maximum Gasteiger partial charge on any atom is 0.0912 e. The fraction of sp³-hybridized carbons (Fsp3) is 1.00. The van der Waals surface area contributed by atoms with E-state index in [1.807, 2.05) is 0 Å². The Bertz CT molecular complexity index is 34.9. The van der Waals surface area contributed by atoms with Gasteiger partial charge in [-0.15, -0.1) is 12.4 Å². The van der Waals surface area contributed by atoms with Crippen molar-refractivity contribution in [3.05, 3.63) is 0 Å². The van der Waals surface area contributed by atoms with E-state index in [4.69, 9.17) is 0 Å². The molecule has 0 fully saturated rings. The summed E-state index contributed by atoms with van der Waals surface area (Å²) in [5.41, 5.74) is 0. The van der Waals surface area contributed by atoms with Gasteiger partial charge in [0.1, 0.15) is 0 Å². The Labute approximate surface area is 69.2 Å². The van der Waals surface area contributed by atoms with Gasteiger partial charge in [-0.25, -0.2) is 5.90 Å². The van der Waals surface area contributed by atoms with Crippen molar-refractivity contribution < 1.29 is 9.57 Å². The fourth-order valence-electron chi connectivity index (χ4n) is 0.131. The van der Waals surface area contributed by atoms with E-state index in [9.17, 15) is 0 Å². The maximum absolute atomic E-state index is 4.63. The molecule has 0 aromatic rings. The Morgan fingerprint density at radius 1 is 1.20 bits per heavy atom. The van der Waals surface area contributed by atoms with Crippen molar-refractivity contribution in [2.45, 2.75) is 20.3 Å². The first kappa shape index (κ1) is 16.6. The number of nitrogens with two attached hydrogens (primary N) is 1. The third kappa shape index (κ3) is 41.8. The molecule has 0 rings (SSSR count). The minimum atomic E-state index is 0. The molecule has 66 valence electrons. The number of methoxy groups -OCH3 is 1. The van der Waals surface area contributed by atoms with Crippen LogP contribution in [0.4, 0.5) is 0 Å². The van der Waals surface area contributed by atoms with Crippen LogP contribution in [-0.4, -0.2) is 20.3 Å². The summed E-state index contributed by atoms with van der Waals surface area (Å²) in [6, 6.07) is 0.